The molecule has 4 heteroatoms. The van der Waals surface area contributed by atoms with Crippen LogP contribution in [0.4, 0.5) is 0 Å². The molecule has 3 nitrogen and oxygen atoms in total. The molecule has 0 spiro atoms. The number of ether oxygens (including phenoxy) is 2. The molecule has 0 aliphatic heterocycles. The summed E-state index contributed by atoms with van der Waals surface area (Å²) in [5, 5.41) is 8.66. The Bertz CT molecular complexity index is 221. The summed E-state index contributed by atoms with van der Waals surface area (Å²) in [6.07, 6.45) is 4.24. The maximum atomic E-state index is 8.66. The van der Waals surface area contributed by atoms with Crippen LogP contribution in [0.1, 0.15) is 13.8 Å². The summed E-state index contributed by atoms with van der Waals surface area (Å²) in [6, 6.07) is 1.93. The molecule has 0 N–H and O–H groups in total. The average molecular weight is 202 g/mol. The first-order chi connectivity index (χ1) is 6.02. The number of terminal acetylenes is 1. The fourth-order valence-electron chi connectivity index (χ4n) is 0.606. The zero-order valence-electron chi connectivity index (χ0n) is 7.71. The van der Waals surface area contributed by atoms with E-state index >= 15 is 0 Å². The van der Waals surface area contributed by atoms with Crippen molar-refractivity contribution in [3.8, 4) is 18.4 Å². The number of nitriles is 1. The Kier molecular flexibility index (Phi) is 5.50. The van der Waals surface area contributed by atoms with E-state index in [0.717, 1.165) is 0 Å². The fourth-order valence-corrected chi connectivity index (χ4v) is 0.717. The topological polar surface area (TPSA) is 42.2 Å². The van der Waals surface area contributed by atoms with Crippen molar-refractivity contribution in [2.45, 2.75) is 24.8 Å². The van der Waals surface area contributed by atoms with Crippen molar-refractivity contribution in [1.82, 2.24) is 0 Å². The van der Waals surface area contributed by atoms with Crippen molar-refractivity contribution in [1.29, 1.82) is 5.26 Å². The van der Waals surface area contributed by atoms with Crippen LogP contribution < -0.4 is 0 Å². The molecule has 0 saturated carbocycles. The van der Waals surface area contributed by atoms with Crippen LogP contribution in [0.5, 0.6) is 0 Å². The fraction of sp³-hybridized carbons (Fsp3) is 0.667. The second-order valence-electron chi connectivity index (χ2n) is 2.91. The quantitative estimate of drug-likeness (QED) is 0.293. The first-order valence-corrected chi connectivity index (χ1v) is 4.11. The lowest BCUT2D eigenvalue weighted by atomic mass is 10.1. The third-order valence-corrected chi connectivity index (χ3v) is 1.44. The molecule has 0 aliphatic carbocycles. The normalized spacial score (nSPS) is 13.0. The lowest BCUT2D eigenvalue weighted by molar-refractivity contribution is -0.0712. The summed E-state index contributed by atoms with van der Waals surface area (Å²) in [5.74, 6) is 2.28. The summed E-state index contributed by atoms with van der Waals surface area (Å²) < 4.78 is 9.89. The summed E-state index contributed by atoms with van der Waals surface area (Å²) in [4.78, 5) is -0.728. The molecule has 0 amide bonds. The maximum Gasteiger partial charge on any atom is 0.165 e. The Morgan fingerprint density at radius 3 is 2.62 bits per heavy atom. The molecular weight excluding hydrogens is 190 g/mol. The first kappa shape index (κ1) is 12.3. The Morgan fingerprint density at radius 2 is 2.23 bits per heavy atom. The molecule has 0 fully saturated rings. The molecule has 0 saturated heterocycles. The van der Waals surface area contributed by atoms with E-state index in [4.69, 9.17) is 32.8 Å². The second-order valence-corrected chi connectivity index (χ2v) is 3.88. The van der Waals surface area contributed by atoms with Gasteiger partial charge in [-0.2, -0.15) is 5.26 Å². The summed E-state index contributed by atoms with van der Waals surface area (Å²) in [5.41, 5.74) is 0. The predicted octanol–water partition coefficient (Wildman–Crippen LogP) is 1.52. The van der Waals surface area contributed by atoms with Gasteiger partial charge in [0.05, 0.1) is 10.9 Å². The highest BCUT2D eigenvalue weighted by molar-refractivity contribution is 6.24. The predicted molar refractivity (Wildman–Crippen MR) is 50.1 cm³/mol. The van der Waals surface area contributed by atoms with E-state index in [1.807, 2.05) is 6.07 Å². The number of hydrogen-bond donors (Lipinski definition) is 0. The van der Waals surface area contributed by atoms with Gasteiger partial charge >= 0.3 is 0 Å². The highest BCUT2D eigenvalue weighted by Crippen LogP contribution is 2.20. The van der Waals surface area contributed by atoms with Gasteiger partial charge in [0.25, 0.3) is 0 Å². The maximum absolute atomic E-state index is 8.66. The van der Waals surface area contributed by atoms with Crippen LogP contribution in [0.2, 0.25) is 0 Å². The van der Waals surface area contributed by atoms with Gasteiger partial charge in [-0.3, -0.25) is 0 Å². The van der Waals surface area contributed by atoms with Crippen molar-refractivity contribution in [3.05, 3.63) is 0 Å². The molecule has 0 radical (unpaired) electrons. The van der Waals surface area contributed by atoms with Crippen molar-refractivity contribution in [2.24, 2.45) is 0 Å². The van der Waals surface area contributed by atoms with Crippen molar-refractivity contribution >= 4 is 11.6 Å². The molecule has 0 aromatic heterocycles. The Hall–Kier alpha value is -0.740. The third kappa shape index (κ3) is 5.49. The van der Waals surface area contributed by atoms with Gasteiger partial charge < -0.3 is 9.47 Å². The molecule has 1 atom stereocenters. The molecule has 72 valence electrons. The largest absolute Gasteiger partial charge is 0.343 e. The zero-order chi connectivity index (χ0) is 10.3. The van der Waals surface area contributed by atoms with Gasteiger partial charge in [0.1, 0.15) is 13.4 Å². The summed E-state index contributed by atoms with van der Waals surface area (Å²) in [7, 11) is 0. The Morgan fingerprint density at radius 1 is 1.62 bits per heavy atom. The monoisotopic (exact) mass is 201 g/mol. The van der Waals surface area contributed by atoms with Crippen LogP contribution in [0.15, 0.2) is 0 Å². The molecule has 0 rings (SSSR count). The van der Waals surface area contributed by atoms with Crippen LogP contribution in [-0.4, -0.2) is 24.4 Å². The van der Waals surface area contributed by atoms with Gasteiger partial charge in [0.15, 0.2) is 6.10 Å². The second kappa shape index (κ2) is 5.83. The van der Waals surface area contributed by atoms with Crippen LogP contribution >= 0.6 is 11.6 Å². The minimum absolute atomic E-state index is 0.0153. The molecule has 0 unspecified atom stereocenters. The number of nitrogens with zero attached hydrogens (tertiary/aromatic N) is 1. The number of alkyl halides is 1. The number of rotatable bonds is 5. The minimum Gasteiger partial charge on any atom is -0.343 e. The van der Waals surface area contributed by atoms with Crippen LogP contribution in [0.3, 0.4) is 0 Å². The molecule has 0 aromatic rings. The molecule has 13 heavy (non-hydrogen) atoms. The first-order valence-electron chi connectivity index (χ1n) is 3.73. The molecule has 0 aliphatic rings. The van der Waals surface area contributed by atoms with E-state index in [1.54, 1.807) is 13.8 Å². The lowest BCUT2D eigenvalue weighted by Gasteiger charge is -2.21. The SMILES string of the molecule is C#CCOCO[C@H](C#N)C(C)(C)Cl. The van der Waals surface area contributed by atoms with Gasteiger partial charge in [0.2, 0.25) is 0 Å². The van der Waals surface area contributed by atoms with Gasteiger partial charge in [-0.1, -0.05) is 5.92 Å². The van der Waals surface area contributed by atoms with E-state index in [0.29, 0.717) is 0 Å². The summed E-state index contributed by atoms with van der Waals surface area (Å²) in [6.45, 7) is 3.55. The standard InChI is InChI=1S/C9H12ClNO2/c1-4-5-12-7-13-8(6-11)9(2,3)10/h1,8H,5,7H2,2-3H3/t8-/m1/s1. The van der Waals surface area contributed by atoms with Crippen LogP contribution in [-0.2, 0) is 9.47 Å². The van der Waals surface area contributed by atoms with E-state index in [-0.39, 0.29) is 13.4 Å². The van der Waals surface area contributed by atoms with Gasteiger partial charge in [0, 0.05) is 0 Å². The van der Waals surface area contributed by atoms with Gasteiger partial charge in [-0.15, -0.1) is 18.0 Å². The lowest BCUT2D eigenvalue weighted by Crippen LogP contribution is -2.32. The highest BCUT2D eigenvalue weighted by atomic mass is 35.5. The highest BCUT2D eigenvalue weighted by Gasteiger charge is 2.27. The van der Waals surface area contributed by atoms with Crippen LogP contribution in [0.25, 0.3) is 0 Å². The van der Waals surface area contributed by atoms with E-state index in [1.165, 1.54) is 0 Å². The van der Waals surface area contributed by atoms with E-state index in [9.17, 15) is 0 Å². The molecule has 0 aromatic carbocycles. The zero-order valence-corrected chi connectivity index (χ0v) is 8.47. The number of hydrogen-bond acceptors (Lipinski definition) is 3. The minimum atomic E-state index is -0.728. The molecule has 0 heterocycles. The third-order valence-electron chi connectivity index (χ3n) is 1.24. The molecule has 0 bridgehead atoms. The van der Waals surface area contributed by atoms with Gasteiger partial charge in [-0.25, -0.2) is 0 Å². The van der Waals surface area contributed by atoms with Crippen molar-refractivity contribution in [2.75, 3.05) is 13.4 Å². The average Bonchev–Trinajstić information content (AvgIpc) is 2.02. The van der Waals surface area contributed by atoms with Gasteiger partial charge in [-0.05, 0) is 13.8 Å². The van der Waals surface area contributed by atoms with Crippen LogP contribution in [0, 0.1) is 23.7 Å². The van der Waals surface area contributed by atoms with E-state index in [2.05, 4.69) is 5.92 Å². The smallest absolute Gasteiger partial charge is 0.165 e. The Balaban J connectivity index is 3.77. The van der Waals surface area contributed by atoms with Crippen molar-refractivity contribution in [3.63, 3.8) is 0 Å². The summed E-state index contributed by atoms with van der Waals surface area (Å²) >= 11 is 5.87. The number of halogens is 1. The van der Waals surface area contributed by atoms with E-state index < -0.39 is 11.0 Å². The Labute approximate surface area is 83.6 Å². The molecular formula is C9H12ClNO2. The van der Waals surface area contributed by atoms with Crippen molar-refractivity contribution < 1.29 is 9.47 Å².